The SMILES string of the molecule is C=CCN(CCC(=O)N(Cc1ccccc1)C(C)C)S(C)(=O)=O. The van der Waals surface area contributed by atoms with E-state index in [0.717, 1.165) is 11.8 Å². The highest BCUT2D eigenvalue weighted by atomic mass is 32.2. The van der Waals surface area contributed by atoms with Crippen LogP contribution in [0.5, 0.6) is 0 Å². The fourth-order valence-electron chi connectivity index (χ4n) is 2.24. The van der Waals surface area contributed by atoms with Gasteiger partial charge in [-0.1, -0.05) is 36.4 Å². The van der Waals surface area contributed by atoms with E-state index < -0.39 is 10.0 Å². The fourth-order valence-corrected chi connectivity index (χ4v) is 3.04. The Kier molecular flexibility index (Phi) is 7.45. The zero-order valence-corrected chi connectivity index (χ0v) is 14.9. The molecule has 6 heteroatoms. The summed E-state index contributed by atoms with van der Waals surface area (Å²) in [6.45, 7) is 8.38. The van der Waals surface area contributed by atoms with Gasteiger partial charge in [-0.15, -0.1) is 6.58 Å². The summed E-state index contributed by atoms with van der Waals surface area (Å²) in [7, 11) is -3.34. The van der Waals surface area contributed by atoms with E-state index >= 15 is 0 Å². The molecule has 0 saturated heterocycles. The first-order valence-electron chi connectivity index (χ1n) is 7.65. The van der Waals surface area contributed by atoms with Crippen LogP contribution in [-0.4, -0.2) is 48.9 Å². The summed E-state index contributed by atoms with van der Waals surface area (Å²) in [5.74, 6) is -0.0541. The van der Waals surface area contributed by atoms with Crippen LogP contribution in [0.4, 0.5) is 0 Å². The van der Waals surface area contributed by atoms with Crippen LogP contribution < -0.4 is 0 Å². The summed E-state index contributed by atoms with van der Waals surface area (Å²) in [6, 6.07) is 9.81. The van der Waals surface area contributed by atoms with Crippen LogP contribution >= 0.6 is 0 Å². The Morgan fingerprint density at radius 1 is 1.26 bits per heavy atom. The summed E-state index contributed by atoms with van der Waals surface area (Å²) in [5.41, 5.74) is 1.06. The van der Waals surface area contributed by atoms with E-state index in [1.807, 2.05) is 44.2 Å². The van der Waals surface area contributed by atoms with Gasteiger partial charge < -0.3 is 4.90 Å². The molecular weight excluding hydrogens is 312 g/mol. The summed E-state index contributed by atoms with van der Waals surface area (Å²) >= 11 is 0. The molecular formula is C17H26N2O3S. The molecule has 23 heavy (non-hydrogen) atoms. The Morgan fingerprint density at radius 3 is 2.35 bits per heavy atom. The van der Waals surface area contributed by atoms with Gasteiger partial charge in [0.15, 0.2) is 0 Å². The largest absolute Gasteiger partial charge is 0.336 e. The van der Waals surface area contributed by atoms with E-state index in [1.54, 1.807) is 4.90 Å². The average Bonchev–Trinajstić information content (AvgIpc) is 2.48. The van der Waals surface area contributed by atoms with Gasteiger partial charge in [0.2, 0.25) is 15.9 Å². The molecule has 0 N–H and O–H groups in total. The quantitative estimate of drug-likeness (QED) is 0.649. The van der Waals surface area contributed by atoms with Gasteiger partial charge in [-0.2, -0.15) is 4.31 Å². The molecule has 0 radical (unpaired) electrons. The first-order valence-corrected chi connectivity index (χ1v) is 9.50. The van der Waals surface area contributed by atoms with Crippen molar-refractivity contribution in [2.45, 2.75) is 32.9 Å². The number of carbonyl (C=O) groups excluding carboxylic acids is 1. The molecule has 1 amide bonds. The molecule has 5 nitrogen and oxygen atoms in total. The lowest BCUT2D eigenvalue weighted by molar-refractivity contribution is -0.133. The molecule has 0 bridgehead atoms. The lowest BCUT2D eigenvalue weighted by Gasteiger charge is -2.28. The topological polar surface area (TPSA) is 57.7 Å². The van der Waals surface area contributed by atoms with Crippen molar-refractivity contribution in [3.8, 4) is 0 Å². The molecule has 0 fully saturated rings. The lowest BCUT2D eigenvalue weighted by Crippen LogP contribution is -2.39. The zero-order valence-electron chi connectivity index (χ0n) is 14.1. The number of amides is 1. The smallest absolute Gasteiger partial charge is 0.224 e. The maximum atomic E-state index is 12.5. The van der Waals surface area contributed by atoms with Gasteiger partial charge in [0.05, 0.1) is 6.26 Å². The van der Waals surface area contributed by atoms with Crippen molar-refractivity contribution in [3.05, 3.63) is 48.6 Å². The van der Waals surface area contributed by atoms with Gasteiger partial charge in [-0.3, -0.25) is 4.79 Å². The van der Waals surface area contributed by atoms with Crippen molar-refractivity contribution in [3.63, 3.8) is 0 Å². The van der Waals surface area contributed by atoms with Crippen molar-refractivity contribution in [2.75, 3.05) is 19.3 Å². The second kappa shape index (κ2) is 8.84. The van der Waals surface area contributed by atoms with Gasteiger partial charge in [0.25, 0.3) is 0 Å². The monoisotopic (exact) mass is 338 g/mol. The second-order valence-electron chi connectivity index (χ2n) is 5.76. The molecule has 1 aromatic carbocycles. The highest BCUT2D eigenvalue weighted by Crippen LogP contribution is 2.11. The van der Waals surface area contributed by atoms with E-state index in [0.29, 0.717) is 6.54 Å². The number of nitrogens with zero attached hydrogens (tertiary/aromatic N) is 2. The minimum absolute atomic E-state index is 0.0498. The first kappa shape index (κ1) is 19.4. The summed E-state index contributed by atoms with van der Waals surface area (Å²) in [6.07, 6.45) is 2.83. The summed E-state index contributed by atoms with van der Waals surface area (Å²) < 4.78 is 24.6. The highest BCUT2D eigenvalue weighted by Gasteiger charge is 2.21. The number of hydrogen-bond donors (Lipinski definition) is 0. The zero-order chi connectivity index (χ0) is 17.5. The Hall–Kier alpha value is -1.66. The fraction of sp³-hybridized carbons (Fsp3) is 0.471. The molecule has 0 aliphatic rings. The number of hydrogen-bond acceptors (Lipinski definition) is 3. The number of rotatable bonds is 9. The van der Waals surface area contributed by atoms with Crippen LogP contribution in [0.1, 0.15) is 25.8 Å². The van der Waals surface area contributed by atoms with Gasteiger partial charge in [0, 0.05) is 32.1 Å². The van der Waals surface area contributed by atoms with Crippen LogP contribution in [0, 0.1) is 0 Å². The van der Waals surface area contributed by atoms with Gasteiger partial charge in [-0.05, 0) is 19.4 Å². The van der Waals surface area contributed by atoms with Crippen LogP contribution in [0.2, 0.25) is 0 Å². The van der Waals surface area contributed by atoms with Gasteiger partial charge in [0.1, 0.15) is 0 Å². The predicted molar refractivity (Wildman–Crippen MR) is 93.4 cm³/mol. The summed E-state index contributed by atoms with van der Waals surface area (Å²) in [5, 5.41) is 0. The van der Waals surface area contributed by atoms with Crippen LogP contribution in [0.15, 0.2) is 43.0 Å². The predicted octanol–water partition coefficient (Wildman–Crippen LogP) is 2.26. The standard InChI is InChI=1S/C17H26N2O3S/c1-5-12-18(23(4,21)22)13-11-17(20)19(15(2)3)14-16-9-7-6-8-10-16/h5-10,15H,1,11-14H2,2-4H3. The third kappa shape index (κ3) is 6.54. The molecule has 0 aromatic heterocycles. The van der Waals surface area contributed by atoms with Crippen LogP contribution in [0.3, 0.4) is 0 Å². The van der Waals surface area contributed by atoms with E-state index in [-0.39, 0.29) is 31.5 Å². The number of sulfonamides is 1. The molecule has 128 valence electrons. The normalized spacial score (nSPS) is 11.7. The molecule has 0 heterocycles. The molecule has 0 unspecified atom stereocenters. The Morgan fingerprint density at radius 2 is 1.87 bits per heavy atom. The average molecular weight is 338 g/mol. The van der Waals surface area contributed by atoms with Gasteiger partial charge in [-0.25, -0.2) is 8.42 Å². The van der Waals surface area contributed by atoms with E-state index in [9.17, 15) is 13.2 Å². The Balaban J connectivity index is 2.73. The van der Waals surface area contributed by atoms with Crippen LogP contribution in [-0.2, 0) is 21.4 Å². The molecule has 1 aromatic rings. The molecule has 0 spiro atoms. The third-order valence-electron chi connectivity index (χ3n) is 3.52. The minimum Gasteiger partial charge on any atom is -0.336 e. The number of carbonyl (C=O) groups is 1. The van der Waals surface area contributed by atoms with Gasteiger partial charge >= 0.3 is 0 Å². The molecule has 1 rings (SSSR count). The molecule has 0 aliphatic carbocycles. The maximum Gasteiger partial charge on any atom is 0.224 e. The Bertz CT molecular complexity index is 612. The van der Waals surface area contributed by atoms with Crippen molar-refractivity contribution in [2.24, 2.45) is 0 Å². The first-order chi connectivity index (χ1) is 10.8. The Labute approximate surface area is 139 Å². The second-order valence-corrected chi connectivity index (χ2v) is 7.74. The molecule has 0 atom stereocenters. The van der Waals surface area contributed by atoms with E-state index in [1.165, 1.54) is 10.4 Å². The van der Waals surface area contributed by atoms with Crippen LogP contribution in [0.25, 0.3) is 0 Å². The van der Waals surface area contributed by atoms with Crippen molar-refractivity contribution in [1.82, 2.24) is 9.21 Å². The van der Waals surface area contributed by atoms with Crippen molar-refractivity contribution >= 4 is 15.9 Å². The van der Waals surface area contributed by atoms with E-state index in [4.69, 9.17) is 0 Å². The molecule has 0 aliphatic heterocycles. The minimum atomic E-state index is -3.34. The molecule has 0 saturated carbocycles. The van der Waals surface area contributed by atoms with Crippen molar-refractivity contribution < 1.29 is 13.2 Å². The third-order valence-corrected chi connectivity index (χ3v) is 4.79. The lowest BCUT2D eigenvalue weighted by atomic mass is 10.1. The number of benzene rings is 1. The van der Waals surface area contributed by atoms with Crippen molar-refractivity contribution in [1.29, 1.82) is 0 Å². The van der Waals surface area contributed by atoms with E-state index in [2.05, 4.69) is 6.58 Å². The highest BCUT2D eigenvalue weighted by molar-refractivity contribution is 7.88. The maximum absolute atomic E-state index is 12.5. The summed E-state index contributed by atoms with van der Waals surface area (Å²) in [4.78, 5) is 14.3.